The summed E-state index contributed by atoms with van der Waals surface area (Å²) < 4.78 is 68.5. The number of nitrogen functional groups attached to an aromatic ring is 1. The number of rotatable bonds is 7. The van der Waals surface area contributed by atoms with E-state index in [1.807, 2.05) is 4.90 Å². The van der Waals surface area contributed by atoms with Crippen molar-refractivity contribution in [2.45, 2.75) is 56.7 Å². The molecule has 3 N–H and O–H groups in total. The zero-order valence-electron chi connectivity index (χ0n) is 37.0. The van der Waals surface area contributed by atoms with E-state index in [0.717, 1.165) is 149 Å². The Hall–Kier alpha value is -4.70. The first-order valence-electron chi connectivity index (χ1n) is 22.7. The molecular formula is C45H63F4N9O7. The second-order valence-corrected chi connectivity index (χ2v) is 16.8. The third-order valence-electron chi connectivity index (χ3n) is 12.8. The van der Waals surface area contributed by atoms with E-state index in [1.165, 1.54) is 44.1 Å². The number of anilines is 3. The van der Waals surface area contributed by atoms with Crippen molar-refractivity contribution in [3.63, 3.8) is 0 Å². The fourth-order valence-corrected chi connectivity index (χ4v) is 9.19. The summed E-state index contributed by atoms with van der Waals surface area (Å²) in [6.45, 7) is 17.2. The van der Waals surface area contributed by atoms with Gasteiger partial charge in [0.15, 0.2) is 17.5 Å². The van der Waals surface area contributed by atoms with E-state index < -0.39 is 33.0 Å². The maximum Gasteiger partial charge on any atom is 0.272 e. The summed E-state index contributed by atoms with van der Waals surface area (Å²) in [5.41, 5.74) is 6.57. The van der Waals surface area contributed by atoms with Crippen LogP contribution in [-0.4, -0.2) is 161 Å². The Balaban J connectivity index is 0.000000150. The van der Waals surface area contributed by atoms with Crippen LogP contribution in [0.25, 0.3) is 0 Å². The lowest BCUT2D eigenvalue weighted by atomic mass is 10.0. The molecule has 3 aromatic rings. The molecule has 6 aliphatic heterocycles. The molecule has 6 fully saturated rings. The van der Waals surface area contributed by atoms with Crippen molar-refractivity contribution >= 4 is 28.4 Å². The van der Waals surface area contributed by atoms with Gasteiger partial charge in [0.2, 0.25) is 0 Å². The Labute approximate surface area is 377 Å². The molecule has 0 bridgehead atoms. The zero-order valence-corrected chi connectivity index (χ0v) is 37.0. The van der Waals surface area contributed by atoms with Crippen LogP contribution < -0.4 is 20.9 Å². The lowest BCUT2D eigenvalue weighted by Gasteiger charge is -2.40. The average Bonchev–Trinajstić information content (AvgIpc) is 3.34. The van der Waals surface area contributed by atoms with Crippen molar-refractivity contribution in [1.29, 1.82) is 0 Å². The normalized spacial score (nSPS) is 20.9. The van der Waals surface area contributed by atoms with Gasteiger partial charge in [-0.25, -0.2) is 17.6 Å². The number of morpholine rings is 3. The highest BCUT2D eigenvalue weighted by molar-refractivity contribution is 5.55. The quantitative estimate of drug-likeness (QED) is 0.128. The van der Waals surface area contributed by atoms with E-state index in [0.29, 0.717) is 41.3 Å². The molecule has 6 heterocycles. The number of nitrogens with one attached hydrogen (secondary N) is 1. The van der Waals surface area contributed by atoms with Gasteiger partial charge >= 0.3 is 0 Å². The van der Waals surface area contributed by atoms with Gasteiger partial charge in [-0.15, -0.1) is 0 Å². The molecule has 6 aliphatic rings. The number of nitro groups is 2. The maximum absolute atomic E-state index is 14.1. The molecule has 65 heavy (non-hydrogen) atoms. The lowest BCUT2D eigenvalue weighted by molar-refractivity contribution is -0.385. The number of piperidine rings is 3. The minimum atomic E-state index is -1.21. The lowest BCUT2D eigenvalue weighted by Crippen LogP contribution is -2.49. The molecule has 0 radical (unpaired) electrons. The topological polar surface area (TPSA) is 168 Å². The Morgan fingerprint density at radius 2 is 0.862 bits per heavy atom. The van der Waals surface area contributed by atoms with Gasteiger partial charge in [-0.2, -0.15) is 0 Å². The Bertz CT molecular complexity index is 1940. The van der Waals surface area contributed by atoms with Crippen LogP contribution in [0.4, 0.5) is 46.0 Å². The number of halogens is 4. The maximum atomic E-state index is 14.1. The van der Waals surface area contributed by atoms with Gasteiger partial charge in [-0.3, -0.25) is 34.9 Å². The van der Waals surface area contributed by atoms with E-state index in [-0.39, 0.29) is 11.5 Å². The summed E-state index contributed by atoms with van der Waals surface area (Å²) >= 11 is 0. The van der Waals surface area contributed by atoms with Crippen LogP contribution in [-0.2, 0) is 14.2 Å². The molecular weight excluding hydrogens is 855 g/mol. The molecule has 0 atom stereocenters. The number of non-ortho nitro benzene ring substituents is 2. The molecule has 16 nitrogen and oxygen atoms in total. The summed E-state index contributed by atoms with van der Waals surface area (Å²) in [6.07, 6.45) is 6.78. The van der Waals surface area contributed by atoms with Crippen LogP contribution in [0, 0.1) is 43.5 Å². The van der Waals surface area contributed by atoms with E-state index in [1.54, 1.807) is 12.1 Å². The first-order valence-corrected chi connectivity index (χ1v) is 22.7. The minimum absolute atomic E-state index is 0.204. The van der Waals surface area contributed by atoms with Gasteiger partial charge < -0.3 is 35.1 Å². The van der Waals surface area contributed by atoms with Crippen molar-refractivity contribution < 1.29 is 41.6 Å². The van der Waals surface area contributed by atoms with Gasteiger partial charge in [0, 0.05) is 101 Å². The second kappa shape index (κ2) is 25.3. The number of hydrogen-bond acceptors (Lipinski definition) is 14. The third-order valence-corrected chi connectivity index (χ3v) is 12.8. The molecule has 20 heteroatoms. The molecule has 3 aromatic carbocycles. The Kier molecular flexibility index (Phi) is 19.3. The van der Waals surface area contributed by atoms with E-state index >= 15 is 0 Å². The van der Waals surface area contributed by atoms with Gasteiger partial charge in [-0.05, 0) is 81.9 Å². The molecule has 9 rings (SSSR count). The summed E-state index contributed by atoms with van der Waals surface area (Å²) in [4.78, 5) is 31.0. The van der Waals surface area contributed by atoms with Gasteiger partial charge in [0.25, 0.3) is 11.4 Å². The molecule has 0 saturated carbocycles. The molecule has 0 spiro atoms. The second-order valence-electron chi connectivity index (χ2n) is 16.8. The fourth-order valence-electron chi connectivity index (χ4n) is 9.19. The first-order chi connectivity index (χ1) is 31.5. The van der Waals surface area contributed by atoms with Crippen LogP contribution in [0.5, 0.6) is 0 Å². The summed E-state index contributed by atoms with van der Waals surface area (Å²) in [5.74, 6) is -3.02. The molecule has 0 amide bonds. The monoisotopic (exact) mass is 917 g/mol. The highest BCUT2D eigenvalue weighted by atomic mass is 19.2. The van der Waals surface area contributed by atoms with E-state index in [2.05, 4.69) is 24.9 Å². The number of nitrogens with zero attached hydrogens (tertiary/aromatic N) is 7. The largest absolute Gasteiger partial charge is 0.399 e. The Morgan fingerprint density at radius 3 is 1.25 bits per heavy atom. The zero-order chi connectivity index (χ0) is 46.1. The van der Waals surface area contributed by atoms with Gasteiger partial charge in [0.1, 0.15) is 5.82 Å². The SMILES string of the molecule is C1CC(N2CCOCC2)CCN1.Nc1ccc(N2CCC(N3CCOCC3)CC2)c(F)c1.O=[N+]([O-])c1ccc(F)c(F)c1.O=[N+]([O-])c1ccc(N2CCC(N3CCOCC3)CC2)c(F)c1. The smallest absolute Gasteiger partial charge is 0.272 e. The number of nitro benzene ring substituents is 2. The van der Waals surface area contributed by atoms with Crippen molar-refractivity contribution in [2.75, 3.05) is 134 Å². The highest BCUT2D eigenvalue weighted by Crippen LogP contribution is 2.29. The molecule has 0 aliphatic carbocycles. The Morgan fingerprint density at radius 1 is 0.492 bits per heavy atom. The van der Waals surface area contributed by atoms with Gasteiger partial charge in [-0.1, -0.05) is 0 Å². The van der Waals surface area contributed by atoms with Crippen LogP contribution in [0.1, 0.15) is 38.5 Å². The van der Waals surface area contributed by atoms with Crippen LogP contribution in [0.15, 0.2) is 54.6 Å². The van der Waals surface area contributed by atoms with E-state index in [9.17, 15) is 37.8 Å². The highest BCUT2D eigenvalue weighted by Gasteiger charge is 2.29. The van der Waals surface area contributed by atoms with Crippen LogP contribution >= 0.6 is 0 Å². The van der Waals surface area contributed by atoms with Crippen LogP contribution in [0.2, 0.25) is 0 Å². The number of ether oxygens (including phenoxy) is 3. The van der Waals surface area contributed by atoms with Crippen molar-refractivity contribution in [2.24, 2.45) is 0 Å². The summed E-state index contributed by atoms with van der Waals surface area (Å²) in [5, 5.41) is 24.0. The number of nitrogens with two attached hydrogens (primary N) is 1. The minimum Gasteiger partial charge on any atom is -0.399 e. The van der Waals surface area contributed by atoms with Gasteiger partial charge in [0.05, 0.1) is 73.0 Å². The third kappa shape index (κ3) is 14.9. The predicted octanol–water partition coefficient (Wildman–Crippen LogP) is 5.69. The summed E-state index contributed by atoms with van der Waals surface area (Å²) in [6, 6.07) is 13.0. The standard InChI is InChI=1S/C15H20FN3O3.C15H22FN3O.C9H18N2O.C6H3F2NO2/c16-14-11-13(19(20)21)1-2-15(14)18-5-3-12(4-6-18)17-7-9-22-10-8-17;16-14-11-12(17)1-2-15(14)19-5-3-13(4-6-19)18-7-9-20-10-8-18;1-3-10-4-2-9(1)11-5-7-12-8-6-11;7-5-2-1-4(9(10)11)3-6(5)8/h1-2,11-12H,3-10H2;1-2,11,13H,3-10,17H2;9-10H,1-8H2;1-3H. The first kappa shape index (κ1) is 49.7. The van der Waals surface area contributed by atoms with Crippen molar-refractivity contribution in [3.8, 4) is 0 Å². The average molecular weight is 918 g/mol. The van der Waals surface area contributed by atoms with E-state index in [4.69, 9.17) is 19.9 Å². The molecule has 6 saturated heterocycles. The molecule has 0 aromatic heterocycles. The number of benzene rings is 3. The fraction of sp³-hybridized carbons (Fsp3) is 0.600. The predicted molar refractivity (Wildman–Crippen MR) is 240 cm³/mol. The molecule has 0 unspecified atom stereocenters. The summed E-state index contributed by atoms with van der Waals surface area (Å²) in [7, 11) is 0. The van der Waals surface area contributed by atoms with Crippen molar-refractivity contribution in [3.05, 3.63) is 98.1 Å². The van der Waals surface area contributed by atoms with Crippen LogP contribution in [0.3, 0.4) is 0 Å². The molecule has 358 valence electrons. The van der Waals surface area contributed by atoms with Crippen molar-refractivity contribution in [1.82, 2.24) is 20.0 Å². The number of hydrogen-bond donors (Lipinski definition) is 2.